The van der Waals surface area contributed by atoms with Gasteiger partial charge < -0.3 is 15.5 Å². The molecule has 0 spiro atoms. The molecular weight excluding hydrogens is 402 g/mol. The normalized spacial score (nSPS) is 13.3. The smallest absolute Gasteiger partial charge is 0.253 e. The zero-order valence-electron chi connectivity index (χ0n) is 18.8. The van der Waals surface area contributed by atoms with Gasteiger partial charge in [0.1, 0.15) is 0 Å². The molecule has 0 radical (unpaired) electrons. The lowest BCUT2D eigenvalue weighted by Gasteiger charge is -2.16. The molecule has 0 saturated carbocycles. The van der Waals surface area contributed by atoms with Crippen molar-refractivity contribution in [2.75, 3.05) is 30.3 Å². The lowest BCUT2D eigenvalue weighted by molar-refractivity contribution is -0.114. The van der Waals surface area contributed by atoms with Crippen LogP contribution in [-0.2, 0) is 4.79 Å². The highest BCUT2D eigenvalue weighted by Gasteiger charge is 2.20. The summed E-state index contributed by atoms with van der Waals surface area (Å²) in [5, 5.41) is 10.7. The lowest BCUT2D eigenvalue weighted by atomic mass is 10.1. The highest BCUT2D eigenvalue weighted by atomic mass is 16.2. The average Bonchev–Trinajstić information content (AvgIpc) is 3.43. The van der Waals surface area contributed by atoms with Gasteiger partial charge in [-0.05, 0) is 69.5 Å². The van der Waals surface area contributed by atoms with Crippen molar-refractivity contribution in [1.29, 1.82) is 0 Å². The van der Waals surface area contributed by atoms with E-state index in [1.165, 1.54) is 0 Å². The predicted octanol–water partition coefficient (Wildman–Crippen LogP) is 4.08. The van der Waals surface area contributed by atoms with Crippen LogP contribution >= 0.6 is 0 Å². The third-order valence-corrected chi connectivity index (χ3v) is 5.86. The van der Waals surface area contributed by atoms with Crippen LogP contribution < -0.4 is 10.6 Å². The molecule has 0 aliphatic carbocycles. The first-order valence-electron chi connectivity index (χ1n) is 11.0. The van der Waals surface area contributed by atoms with Crippen molar-refractivity contribution in [3.8, 4) is 5.69 Å². The molecule has 7 heteroatoms. The van der Waals surface area contributed by atoms with Crippen molar-refractivity contribution in [2.24, 2.45) is 0 Å². The molecule has 2 heterocycles. The van der Waals surface area contributed by atoms with E-state index in [-0.39, 0.29) is 18.4 Å². The van der Waals surface area contributed by atoms with E-state index in [9.17, 15) is 9.59 Å². The van der Waals surface area contributed by atoms with Crippen molar-refractivity contribution in [3.63, 3.8) is 0 Å². The van der Waals surface area contributed by atoms with Crippen LogP contribution in [0.2, 0.25) is 0 Å². The topological polar surface area (TPSA) is 79.3 Å². The van der Waals surface area contributed by atoms with Crippen LogP contribution in [0.1, 0.15) is 40.2 Å². The number of hydrogen-bond acceptors (Lipinski definition) is 4. The van der Waals surface area contributed by atoms with Gasteiger partial charge in [0.2, 0.25) is 5.91 Å². The minimum absolute atomic E-state index is 0.0799. The van der Waals surface area contributed by atoms with Gasteiger partial charge in [-0.25, -0.2) is 4.68 Å². The molecule has 1 fully saturated rings. The number of nitrogens with one attached hydrogen (secondary N) is 2. The summed E-state index contributed by atoms with van der Waals surface area (Å²) in [6, 6.07) is 15.4. The van der Waals surface area contributed by atoms with Crippen LogP contribution in [-0.4, -0.2) is 46.1 Å². The minimum Gasteiger partial charge on any atom is -0.376 e. The highest BCUT2D eigenvalue weighted by molar-refractivity contribution is 5.96. The van der Waals surface area contributed by atoms with Gasteiger partial charge in [0, 0.05) is 24.3 Å². The number of nitrogens with zero attached hydrogens (tertiary/aromatic N) is 3. The summed E-state index contributed by atoms with van der Waals surface area (Å²) in [6.45, 7) is 7.55. The van der Waals surface area contributed by atoms with Crippen molar-refractivity contribution >= 4 is 23.2 Å². The van der Waals surface area contributed by atoms with Gasteiger partial charge in [-0.3, -0.25) is 9.59 Å². The van der Waals surface area contributed by atoms with E-state index in [1.807, 2.05) is 78.9 Å². The van der Waals surface area contributed by atoms with Crippen LogP contribution in [0.25, 0.3) is 5.69 Å². The summed E-state index contributed by atoms with van der Waals surface area (Å²) >= 11 is 0. The van der Waals surface area contributed by atoms with E-state index in [0.717, 1.165) is 59.9 Å². The van der Waals surface area contributed by atoms with Crippen LogP contribution in [0, 0.1) is 20.8 Å². The number of aryl methyl sites for hydroxylation is 2. The molecule has 1 aliphatic heterocycles. The Kier molecular flexibility index (Phi) is 6.25. The van der Waals surface area contributed by atoms with Crippen LogP contribution in [0.15, 0.2) is 48.5 Å². The monoisotopic (exact) mass is 431 g/mol. The maximum Gasteiger partial charge on any atom is 0.253 e. The molecule has 0 atom stereocenters. The zero-order chi connectivity index (χ0) is 22.7. The molecule has 0 bridgehead atoms. The first kappa shape index (κ1) is 21.6. The summed E-state index contributed by atoms with van der Waals surface area (Å²) < 4.78 is 1.83. The molecular formula is C25H29N5O2. The van der Waals surface area contributed by atoms with Gasteiger partial charge in [-0.15, -0.1) is 0 Å². The SMILES string of the molecule is Cc1cc(C(=O)N2CCCC2)ccc1NCC(=O)Nc1c(C)nn(-c2ccccc2)c1C. The number of amides is 2. The fourth-order valence-corrected chi connectivity index (χ4v) is 4.10. The van der Waals surface area contributed by atoms with Crippen LogP contribution in [0.5, 0.6) is 0 Å². The maximum atomic E-state index is 12.6. The Morgan fingerprint density at radius 3 is 2.41 bits per heavy atom. The number of anilines is 2. The Hall–Kier alpha value is -3.61. The summed E-state index contributed by atoms with van der Waals surface area (Å²) in [4.78, 5) is 27.1. The Bertz CT molecular complexity index is 1130. The van der Waals surface area contributed by atoms with Gasteiger partial charge in [-0.1, -0.05) is 18.2 Å². The number of benzene rings is 2. The van der Waals surface area contributed by atoms with Gasteiger partial charge in [-0.2, -0.15) is 5.10 Å². The second kappa shape index (κ2) is 9.26. The largest absolute Gasteiger partial charge is 0.376 e. The van der Waals surface area contributed by atoms with Crippen LogP contribution in [0.3, 0.4) is 0 Å². The second-order valence-electron chi connectivity index (χ2n) is 8.22. The molecule has 7 nitrogen and oxygen atoms in total. The number of likely N-dealkylation sites (tertiary alicyclic amines) is 1. The van der Waals surface area contributed by atoms with Crippen molar-refractivity contribution < 1.29 is 9.59 Å². The molecule has 1 aliphatic rings. The fourth-order valence-electron chi connectivity index (χ4n) is 4.10. The van der Waals surface area contributed by atoms with E-state index < -0.39 is 0 Å². The van der Waals surface area contributed by atoms with E-state index in [0.29, 0.717) is 5.56 Å². The number of hydrogen-bond donors (Lipinski definition) is 2. The molecule has 1 saturated heterocycles. The summed E-state index contributed by atoms with van der Waals surface area (Å²) in [7, 11) is 0. The summed E-state index contributed by atoms with van der Waals surface area (Å²) in [6.07, 6.45) is 2.14. The van der Waals surface area contributed by atoms with Gasteiger partial charge in [0.25, 0.3) is 5.91 Å². The van der Waals surface area contributed by atoms with Crippen molar-refractivity contribution in [3.05, 3.63) is 71.0 Å². The molecule has 2 amide bonds. The molecule has 1 aromatic heterocycles. The fraction of sp³-hybridized carbons (Fsp3) is 0.320. The molecule has 2 aromatic carbocycles. The molecule has 2 N–H and O–H groups in total. The number of carbonyl (C=O) groups is 2. The summed E-state index contributed by atoms with van der Waals surface area (Å²) in [5.41, 5.74) is 5.79. The number of rotatable bonds is 6. The second-order valence-corrected chi connectivity index (χ2v) is 8.22. The van der Waals surface area contributed by atoms with Crippen molar-refractivity contribution in [2.45, 2.75) is 33.6 Å². The van der Waals surface area contributed by atoms with Crippen molar-refractivity contribution in [1.82, 2.24) is 14.7 Å². The Balaban J connectivity index is 1.39. The van der Waals surface area contributed by atoms with E-state index in [2.05, 4.69) is 15.7 Å². The Morgan fingerprint density at radius 2 is 1.72 bits per heavy atom. The quantitative estimate of drug-likeness (QED) is 0.616. The highest BCUT2D eigenvalue weighted by Crippen LogP contribution is 2.23. The lowest BCUT2D eigenvalue weighted by Crippen LogP contribution is -2.27. The Morgan fingerprint density at radius 1 is 1.00 bits per heavy atom. The molecule has 3 aromatic rings. The minimum atomic E-state index is -0.152. The standard InChI is InChI=1S/C25H29N5O2/c1-17-15-20(25(32)29-13-7-8-14-29)11-12-22(17)26-16-23(31)27-24-18(2)28-30(19(24)3)21-9-5-4-6-10-21/h4-6,9-12,15,26H,7-8,13-14,16H2,1-3H3,(H,27,31). The van der Waals surface area contributed by atoms with Gasteiger partial charge in [0.05, 0.1) is 29.3 Å². The average molecular weight is 432 g/mol. The molecule has 0 unspecified atom stereocenters. The number of para-hydroxylation sites is 1. The van der Waals surface area contributed by atoms with Gasteiger partial charge >= 0.3 is 0 Å². The predicted molar refractivity (Wildman–Crippen MR) is 126 cm³/mol. The number of carbonyl (C=O) groups excluding carboxylic acids is 2. The first-order valence-corrected chi connectivity index (χ1v) is 11.0. The molecule has 32 heavy (non-hydrogen) atoms. The van der Waals surface area contributed by atoms with E-state index in [1.54, 1.807) is 0 Å². The van der Waals surface area contributed by atoms with Crippen LogP contribution in [0.4, 0.5) is 11.4 Å². The summed E-state index contributed by atoms with van der Waals surface area (Å²) in [5.74, 6) is -0.0725. The molecule has 166 valence electrons. The first-order chi connectivity index (χ1) is 15.4. The number of aromatic nitrogens is 2. The maximum absolute atomic E-state index is 12.6. The molecule has 4 rings (SSSR count). The van der Waals surface area contributed by atoms with E-state index in [4.69, 9.17) is 0 Å². The van der Waals surface area contributed by atoms with E-state index >= 15 is 0 Å². The Labute approximate surface area is 188 Å². The third-order valence-electron chi connectivity index (χ3n) is 5.86. The zero-order valence-corrected chi connectivity index (χ0v) is 18.8. The van der Waals surface area contributed by atoms with Gasteiger partial charge in [0.15, 0.2) is 0 Å². The third kappa shape index (κ3) is 4.51.